The Morgan fingerprint density at radius 3 is 2.62 bits per heavy atom. The molecule has 0 saturated carbocycles. The van der Waals surface area contributed by atoms with Gasteiger partial charge in [-0.05, 0) is 50.2 Å². The van der Waals surface area contributed by atoms with Gasteiger partial charge in [0.25, 0.3) is 0 Å². The van der Waals surface area contributed by atoms with Gasteiger partial charge in [0.1, 0.15) is 23.1 Å². The standard InChI is InChI=1S/C27H23N9O/c1-2-16(12-29-6-1)21-5-9-31-26-23(21)33-27(34-26)24-22-11-18(14-32-25(22)36-35-24)17-10-20(15-30-13-17)37-19-3-7-28-8-4-19/h1-2,5-6,9-15,19,28H,3-4,7-8H2,(H,31,33,34)(H,32,35,36). The third kappa shape index (κ3) is 4.07. The molecule has 0 bridgehead atoms. The monoisotopic (exact) mass is 489 g/mol. The molecule has 1 fully saturated rings. The van der Waals surface area contributed by atoms with E-state index in [9.17, 15) is 0 Å². The molecule has 0 aromatic carbocycles. The maximum Gasteiger partial charge on any atom is 0.161 e. The number of aromatic amines is 2. The third-order valence-electron chi connectivity index (χ3n) is 6.63. The number of imidazole rings is 1. The number of hydrogen-bond acceptors (Lipinski definition) is 8. The van der Waals surface area contributed by atoms with Crippen LogP contribution in [0.5, 0.6) is 5.75 Å². The number of pyridine rings is 4. The summed E-state index contributed by atoms with van der Waals surface area (Å²) in [5.41, 5.74) is 6.58. The van der Waals surface area contributed by atoms with Gasteiger partial charge in [-0.1, -0.05) is 6.07 Å². The average molecular weight is 490 g/mol. The van der Waals surface area contributed by atoms with E-state index < -0.39 is 0 Å². The van der Waals surface area contributed by atoms with Crippen molar-refractivity contribution in [3.05, 3.63) is 67.5 Å². The molecule has 1 aliphatic heterocycles. The van der Waals surface area contributed by atoms with Gasteiger partial charge in [-0.3, -0.25) is 15.1 Å². The van der Waals surface area contributed by atoms with Crippen LogP contribution in [0.3, 0.4) is 0 Å². The van der Waals surface area contributed by atoms with Gasteiger partial charge in [-0.15, -0.1) is 0 Å². The lowest BCUT2D eigenvalue weighted by Gasteiger charge is -2.23. The SMILES string of the molecule is c1cncc(-c2ccnc3[nH]c(-c4n[nH]c5ncc(-c6cncc(OC7CCNCC7)c6)cc45)nc23)c1. The lowest BCUT2D eigenvalue weighted by molar-refractivity contribution is 0.162. The van der Waals surface area contributed by atoms with Crippen LogP contribution >= 0.6 is 0 Å². The molecule has 1 saturated heterocycles. The third-order valence-corrected chi connectivity index (χ3v) is 6.63. The highest BCUT2D eigenvalue weighted by Crippen LogP contribution is 2.32. The van der Waals surface area contributed by atoms with Crippen LogP contribution in [0.15, 0.2) is 67.5 Å². The smallest absolute Gasteiger partial charge is 0.161 e. The van der Waals surface area contributed by atoms with Crippen molar-refractivity contribution < 1.29 is 4.74 Å². The zero-order valence-electron chi connectivity index (χ0n) is 19.8. The first-order valence-electron chi connectivity index (χ1n) is 12.2. The highest BCUT2D eigenvalue weighted by Gasteiger charge is 2.18. The summed E-state index contributed by atoms with van der Waals surface area (Å²) in [6.45, 7) is 1.95. The Bertz CT molecular complexity index is 1700. The number of rotatable bonds is 5. The Kier molecular flexibility index (Phi) is 5.29. The number of fused-ring (bicyclic) bond motifs is 2. The van der Waals surface area contributed by atoms with Crippen LogP contribution in [0.4, 0.5) is 0 Å². The second-order valence-electron chi connectivity index (χ2n) is 9.05. The molecule has 0 atom stereocenters. The second kappa shape index (κ2) is 9.07. The van der Waals surface area contributed by atoms with E-state index in [4.69, 9.17) is 9.72 Å². The molecule has 6 aromatic heterocycles. The van der Waals surface area contributed by atoms with E-state index in [1.807, 2.05) is 42.9 Å². The molecule has 10 heteroatoms. The maximum atomic E-state index is 6.20. The van der Waals surface area contributed by atoms with Crippen LogP contribution in [0.2, 0.25) is 0 Å². The topological polar surface area (TPSA) is 130 Å². The number of hydrogen-bond donors (Lipinski definition) is 3. The van der Waals surface area contributed by atoms with Crippen LogP contribution in [0.25, 0.3) is 56.0 Å². The van der Waals surface area contributed by atoms with E-state index in [1.165, 1.54) is 0 Å². The summed E-state index contributed by atoms with van der Waals surface area (Å²) in [5.74, 6) is 1.38. The lowest BCUT2D eigenvalue weighted by Crippen LogP contribution is -2.34. The van der Waals surface area contributed by atoms with Crippen LogP contribution in [-0.4, -0.2) is 59.3 Å². The predicted molar refractivity (Wildman–Crippen MR) is 140 cm³/mol. The molecule has 0 radical (unpaired) electrons. The number of piperidine rings is 1. The summed E-state index contributed by atoms with van der Waals surface area (Å²) >= 11 is 0. The number of H-pyrrole nitrogens is 2. The Balaban J connectivity index is 1.26. The van der Waals surface area contributed by atoms with Gasteiger partial charge in [0, 0.05) is 53.2 Å². The van der Waals surface area contributed by atoms with Crippen molar-refractivity contribution in [2.24, 2.45) is 0 Å². The van der Waals surface area contributed by atoms with E-state index in [-0.39, 0.29) is 6.10 Å². The highest BCUT2D eigenvalue weighted by atomic mass is 16.5. The fraction of sp³-hybridized carbons (Fsp3) is 0.185. The van der Waals surface area contributed by atoms with Gasteiger partial charge in [0.15, 0.2) is 17.1 Å². The Morgan fingerprint density at radius 2 is 1.73 bits per heavy atom. The summed E-state index contributed by atoms with van der Waals surface area (Å²) in [6, 6.07) is 9.92. The molecular formula is C27H23N9O. The van der Waals surface area contributed by atoms with Crippen LogP contribution in [0.1, 0.15) is 12.8 Å². The van der Waals surface area contributed by atoms with Crippen molar-refractivity contribution >= 4 is 22.2 Å². The molecule has 182 valence electrons. The first-order valence-corrected chi connectivity index (χ1v) is 12.2. The zero-order chi connectivity index (χ0) is 24.6. The molecule has 0 spiro atoms. The lowest BCUT2D eigenvalue weighted by atomic mass is 10.1. The second-order valence-corrected chi connectivity index (χ2v) is 9.05. The van der Waals surface area contributed by atoms with Crippen LogP contribution < -0.4 is 10.1 Å². The summed E-state index contributed by atoms with van der Waals surface area (Å²) < 4.78 is 6.20. The summed E-state index contributed by atoms with van der Waals surface area (Å²) in [5, 5.41) is 11.8. The van der Waals surface area contributed by atoms with E-state index >= 15 is 0 Å². The van der Waals surface area contributed by atoms with E-state index in [0.29, 0.717) is 22.8 Å². The molecule has 10 nitrogen and oxygen atoms in total. The largest absolute Gasteiger partial charge is 0.489 e. The molecule has 37 heavy (non-hydrogen) atoms. The quantitative estimate of drug-likeness (QED) is 0.329. The van der Waals surface area contributed by atoms with E-state index in [2.05, 4.69) is 46.5 Å². The first-order chi connectivity index (χ1) is 18.3. The first kappa shape index (κ1) is 21.6. The Hall–Kier alpha value is -4.70. The van der Waals surface area contributed by atoms with Gasteiger partial charge >= 0.3 is 0 Å². The minimum absolute atomic E-state index is 0.206. The van der Waals surface area contributed by atoms with Crippen molar-refractivity contribution in [3.63, 3.8) is 0 Å². The molecule has 3 N–H and O–H groups in total. The molecule has 0 amide bonds. The van der Waals surface area contributed by atoms with Crippen molar-refractivity contribution in [2.45, 2.75) is 18.9 Å². The van der Waals surface area contributed by atoms with Gasteiger partial charge in [-0.25, -0.2) is 15.0 Å². The minimum atomic E-state index is 0.206. The molecule has 1 aliphatic rings. The fourth-order valence-corrected chi connectivity index (χ4v) is 4.77. The summed E-state index contributed by atoms with van der Waals surface area (Å²) in [6.07, 6.45) is 12.9. The number of ether oxygens (including phenoxy) is 1. The molecule has 6 aromatic rings. The van der Waals surface area contributed by atoms with Gasteiger partial charge in [-0.2, -0.15) is 5.10 Å². The number of nitrogens with one attached hydrogen (secondary N) is 3. The molecule has 7 heterocycles. The molecule has 0 aliphatic carbocycles. The molecular weight excluding hydrogens is 466 g/mol. The van der Waals surface area contributed by atoms with Crippen LogP contribution in [0, 0.1) is 0 Å². The normalized spacial score (nSPS) is 14.4. The highest BCUT2D eigenvalue weighted by molar-refractivity contribution is 5.96. The van der Waals surface area contributed by atoms with Crippen molar-refractivity contribution in [3.8, 4) is 39.5 Å². The van der Waals surface area contributed by atoms with Crippen molar-refractivity contribution in [1.82, 2.24) is 45.4 Å². The average Bonchev–Trinajstić information content (AvgIpc) is 3.58. The van der Waals surface area contributed by atoms with Gasteiger partial charge < -0.3 is 15.0 Å². The molecule has 7 rings (SSSR count). The minimum Gasteiger partial charge on any atom is -0.489 e. The summed E-state index contributed by atoms with van der Waals surface area (Å²) in [4.78, 5) is 25.9. The predicted octanol–water partition coefficient (Wildman–Crippen LogP) is 4.15. The van der Waals surface area contributed by atoms with Crippen molar-refractivity contribution in [2.75, 3.05) is 13.1 Å². The van der Waals surface area contributed by atoms with E-state index in [1.54, 1.807) is 18.6 Å². The Labute approximate surface area is 211 Å². The summed E-state index contributed by atoms with van der Waals surface area (Å²) in [7, 11) is 0. The molecule has 0 unspecified atom stereocenters. The van der Waals surface area contributed by atoms with Crippen molar-refractivity contribution in [1.29, 1.82) is 0 Å². The zero-order valence-corrected chi connectivity index (χ0v) is 19.8. The maximum absolute atomic E-state index is 6.20. The van der Waals surface area contributed by atoms with Crippen LogP contribution in [-0.2, 0) is 0 Å². The van der Waals surface area contributed by atoms with Gasteiger partial charge in [0.05, 0.1) is 11.6 Å². The number of nitrogens with zero attached hydrogens (tertiary/aromatic N) is 6. The van der Waals surface area contributed by atoms with E-state index in [0.717, 1.165) is 64.8 Å². The Morgan fingerprint density at radius 1 is 0.838 bits per heavy atom. The number of aromatic nitrogens is 8. The van der Waals surface area contributed by atoms with Gasteiger partial charge in [0.2, 0.25) is 0 Å². The fourth-order valence-electron chi connectivity index (χ4n) is 4.77.